The van der Waals surface area contributed by atoms with Gasteiger partial charge in [0.15, 0.2) is 0 Å². The quantitative estimate of drug-likeness (QED) is 0.762. The summed E-state index contributed by atoms with van der Waals surface area (Å²) in [7, 11) is 1.40. The van der Waals surface area contributed by atoms with Crippen LogP contribution in [0.15, 0.2) is 24.3 Å². The number of urea groups is 1. The zero-order valence-corrected chi connectivity index (χ0v) is 15.1. The highest BCUT2D eigenvalue weighted by molar-refractivity contribution is 6.24. The second-order valence-corrected chi connectivity index (χ2v) is 6.84. The molecular weight excluding hydrogens is 379 g/mol. The molecule has 0 aromatic heterocycles. The number of ether oxygens (including phenoxy) is 1. The molecule has 3 rings (SSSR count). The SMILES string of the molecule is COc1ccc(N2C(=O)NC(NC(=O)C3CCCCC3)(C(F)(F)F)C2=O)cc1. The molecule has 1 unspecified atom stereocenters. The van der Waals surface area contributed by atoms with Crippen molar-refractivity contribution in [2.75, 3.05) is 12.0 Å². The number of halogens is 3. The summed E-state index contributed by atoms with van der Waals surface area (Å²) in [6.07, 6.45) is -1.95. The Hall–Kier alpha value is -2.78. The van der Waals surface area contributed by atoms with Gasteiger partial charge in [0, 0.05) is 5.92 Å². The molecule has 0 spiro atoms. The maximum absolute atomic E-state index is 13.9. The fraction of sp³-hybridized carbons (Fsp3) is 0.500. The first kappa shape index (κ1) is 20.0. The number of alkyl halides is 3. The number of amides is 4. The van der Waals surface area contributed by atoms with E-state index in [2.05, 4.69) is 0 Å². The van der Waals surface area contributed by atoms with E-state index in [9.17, 15) is 27.6 Å². The van der Waals surface area contributed by atoms with Gasteiger partial charge in [-0.3, -0.25) is 14.9 Å². The molecule has 1 aromatic rings. The van der Waals surface area contributed by atoms with Crippen LogP contribution in [0.1, 0.15) is 32.1 Å². The second-order valence-electron chi connectivity index (χ2n) is 6.84. The molecule has 1 saturated heterocycles. The van der Waals surface area contributed by atoms with E-state index in [1.165, 1.54) is 31.4 Å². The molecular formula is C18H20F3N3O4. The number of carbonyl (C=O) groups is 3. The van der Waals surface area contributed by atoms with Gasteiger partial charge in [0.25, 0.3) is 11.6 Å². The van der Waals surface area contributed by atoms with Crippen LogP contribution in [0.5, 0.6) is 5.75 Å². The van der Waals surface area contributed by atoms with E-state index >= 15 is 0 Å². The van der Waals surface area contributed by atoms with Crippen molar-refractivity contribution < 1.29 is 32.3 Å². The Morgan fingerprint density at radius 2 is 1.79 bits per heavy atom. The number of anilines is 1. The van der Waals surface area contributed by atoms with Crippen molar-refractivity contribution >= 4 is 23.5 Å². The summed E-state index contributed by atoms with van der Waals surface area (Å²) in [5, 5.41) is 3.45. The Morgan fingerprint density at radius 3 is 2.32 bits per heavy atom. The van der Waals surface area contributed by atoms with Crippen LogP contribution in [0.4, 0.5) is 23.7 Å². The Kier molecular flexibility index (Phi) is 5.22. The van der Waals surface area contributed by atoms with E-state index in [0.717, 1.165) is 19.3 Å². The molecule has 7 nitrogen and oxygen atoms in total. The fourth-order valence-corrected chi connectivity index (χ4v) is 3.49. The molecule has 1 aromatic carbocycles. The van der Waals surface area contributed by atoms with Crippen LogP contribution in [0, 0.1) is 5.92 Å². The number of hydrogen-bond acceptors (Lipinski definition) is 4. The molecule has 1 aliphatic carbocycles. The van der Waals surface area contributed by atoms with E-state index in [1.807, 2.05) is 0 Å². The second kappa shape index (κ2) is 7.33. The number of benzene rings is 1. The van der Waals surface area contributed by atoms with Crippen molar-refractivity contribution in [3.8, 4) is 5.75 Å². The zero-order valence-electron chi connectivity index (χ0n) is 15.1. The lowest BCUT2D eigenvalue weighted by atomic mass is 9.88. The zero-order chi connectivity index (χ0) is 20.5. The summed E-state index contributed by atoms with van der Waals surface area (Å²) >= 11 is 0. The van der Waals surface area contributed by atoms with Gasteiger partial charge in [0.05, 0.1) is 12.8 Å². The third kappa shape index (κ3) is 3.38. The van der Waals surface area contributed by atoms with Crippen molar-refractivity contribution in [3.05, 3.63) is 24.3 Å². The molecule has 1 heterocycles. The lowest BCUT2D eigenvalue weighted by Gasteiger charge is -2.32. The summed E-state index contributed by atoms with van der Waals surface area (Å²) in [4.78, 5) is 37.8. The highest BCUT2D eigenvalue weighted by atomic mass is 19.4. The smallest absolute Gasteiger partial charge is 0.440 e. The van der Waals surface area contributed by atoms with Gasteiger partial charge in [-0.05, 0) is 37.1 Å². The van der Waals surface area contributed by atoms with Crippen molar-refractivity contribution in [1.82, 2.24) is 10.6 Å². The van der Waals surface area contributed by atoms with Crippen LogP contribution < -0.4 is 20.3 Å². The van der Waals surface area contributed by atoms with Crippen LogP contribution in [-0.4, -0.2) is 36.8 Å². The number of hydrogen-bond donors (Lipinski definition) is 2. The van der Waals surface area contributed by atoms with Crippen molar-refractivity contribution in [2.45, 2.75) is 43.9 Å². The van der Waals surface area contributed by atoms with Gasteiger partial charge in [-0.15, -0.1) is 0 Å². The van der Waals surface area contributed by atoms with Gasteiger partial charge in [-0.1, -0.05) is 19.3 Å². The van der Waals surface area contributed by atoms with E-state index in [0.29, 0.717) is 23.5 Å². The van der Waals surface area contributed by atoms with Gasteiger partial charge in [-0.25, -0.2) is 9.69 Å². The summed E-state index contributed by atoms with van der Waals surface area (Å²) in [5.74, 6) is -2.70. The summed E-state index contributed by atoms with van der Waals surface area (Å²) in [6, 6.07) is 4.11. The molecule has 1 saturated carbocycles. The monoisotopic (exact) mass is 399 g/mol. The lowest BCUT2D eigenvalue weighted by Crippen LogP contribution is -2.70. The molecule has 0 radical (unpaired) electrons. The lowest BCUT2D eigenvalue weighted by molar-refractivity contribution is -0.202. The molecule has 1 atom stereocenters. The minimum Gasteiger partial charge on any atom is -0.497 e. The van der Waals surface area contributed by atoms with Gasteiger partial charge < -0.3 is 10.1 Å². The molecule has 2 fully saturated rings. The molecule has 10 heteroatoms. The van der Waals surface area contributed by atoms with Crippen LogP contribution in [0.2, 0.25) is 0 Å². The van der Waals surface area contributed by atoms with Crippen molar-refractivity contribution in [1.29, 1.82) is 0 Å². The summed E-state index contributed by atoms with van der Waals surface area (Å²) < 4.78 is 46.6. The van der Waals surface area contributed by atoms with Crippen molar-refractivity contribution in [3.63, 3.8) is 0 Å². The van der Waals surface area contributed by atoms with E-state index in [1.54, 1.807) is 10.6 Å². The van der Waals surface area contributed by atoms with Gasteiger partial charge >= 0.3 is 12.2 Å². The van der Waals surface area contributed by atoms with Gasteiger partial charge in [0.2, 0.25) is 5.91 Å². The Bertz CT molecular complexity index is 775. The number of imide groups is 1. The molecule has 28 heavy (non-hydrogen) atoms. The number of methoxy groups -OCH3 is 1. The molecule has 0 bridgehead atoms. The van der Waals surface area contributed by atoms with E-state index < -0.39 is 35.6 Å². The Balaban J connectivity index is 1.91. The van der Waals surface area contributed by atoms with Gasteiger partial charge in [-0.2, -0.15) is 13.2 Å². The number of nitrogens with one attached hydrogen (secondary N) is 2. The normalized spacial score (nSPS) is 23.5. The average molecular weight is 399 g/mol. The van der Waals surface area contributed by atoms with Crippen molar-refractivity contribution in [2.24, 2.45) is 5.92 Å². The fourth-order valence-electron chi connectivity index (χ4n) is 3.49. The Labute approximate surface area is 159 Å². The minimum absolute atomic E-state index is 0.0682. The van der Waals surface area contributed by atoms with E-state index in [4.69, 9.17) is 4.74 Å². The van der Waals surface area contributed by atoms with Crippen LogP contribution in [-0.2, 0) is 9.59 Å². The largest absolute Gasteiger partial charge is 0.497 e. The number of rotatable bonds is 4. The number of nitrogens with zero attached hydrogens (tertiary/aromatic N) is 1. The first-order chi connectivity index (χ1) is 13.2. The topological polar surface area (TPSA) is 87.7 Å². The van der Waals surface area contributed by atoms with E-state index in [-0.39, 0.29) is 5.69 Å². The standard InChI is InChI=1S/C18H20F3N3O4/c1-28-13-9-7-12(8-10-13)24-15(26)17(18(19,20)21,23-16(24)27)22-14(25)11-5-3-2-4-6-11/h7-11H,2-6H2,1H3,(H,22,25)(H,23,27). The maximum Gasteiger partial charge on any atom is 0.440 e. The third-order valence-corrected chi connectivity index (χ3v) is 5.06. The Morgan fingerprint density at radius 1 is 1.18 bits per heavy atom. The molecule has 2 N–H and O–H groups in total. The van der Waals surface area contributed by atoms with Crippen LogP contribution in [0.3, 0.4) is 0 Å². The molecule has 152 valence electrons. The molecule has 2 aliphatic rings. The minimum atomic E-state index is -5.22. The predicted molar refractivity (Wildman–Crippen MR) is 92.5 cm³/mol. The van der Waals surface area contributed by atoms with Crippen LogP contribution in [0.25, 0.3) is 0 Å². The highest BCUT2D eigenvalue weighted by Gasteiger charge is 2.69. The predicted octanol–water partition coefficient (Wildman–Crippen LogP) is 2.71. The number of carbonyl (C=O) groups excluding carboxylic acids is 3. The average Bonchev–Trinajstić information content (AvgIpc) is 2.93. The first-order valence-corrected chi connectivity index (χ1v) is 8.89. The molecule has 1 aliphatic heterocycles. The summed E-state index contributed by atoms with van der Waals surface area (Å²) in [5.41, 5.74) is -3.56. The first-order valence-electron chi connectivity index (χ1n) is 8.89. The van der Waals surface area contributed by atoms with Gasteiger partial charge in [0.1, 0.15) is 5.75 Å². The third-order valence-electron chi connectivity index (χ3n) is 5.06. The maximum atomic E-state index is 13.9. The van der Waals surface area contributed by atoms with Crippen LogP contribution >= 0.6 is 0 Å². The summed E-state index contributed by atoms with van der Waals surface area (Å²) in [6.45, 7) is 0. The molecule has 4 amide bonds. The highest BCUT2D eigenvalue weighted by Crippen LogP contribution is 2.37.